The number of nitrogens with one attached hydrogen (secondary N) is 1. The molecule has 1 aliphatic carbocycles. The van der Waals surface area contributed by atoms with Crippen LogP contribution in [0.3, 0.4) is 0 Å². The monoisotopic (exact) mass is 346 g/mol. The number of thioether (sulfide) groups is 1. The molecule has 2 aliphatic heterocycles. The molecule has 5 heteroatoms. The van der Waals surface area contributed by atoms with Crippen LogP contribution in [0, 0.1) is 0 Å². The van der Waals surface area contributed by atoms with Gasteiger partial charge in [0.1, 0.15) is 0 Å². The van der Waals surface area contributed by atoms with Crippen molar-refractivity contribution in [1.82, 2.24) is 10.2 Å². The van der Waals surface area contributed by atoms with Crippen molar-refractivity contribution >= 4 is 11.8 Å². The topological polar surface area (TPSA) is 33.7 Å². The van der Waals surface area contributed by atoms with Crippen LogP contribution in [0.2, 0.25) is 0 Å². The Morgan fingerprint density at radius 1 is 1.21 bits per heavy atom. The molecular weight excluding hydrogens is 320 g/mol. The first-order chi connectivity index (χ1) is 11.6. The maximum atomic E-state index is 5.55. The lowest BCUT2D eigenvalue weighted by Crippen LogP contribution is -2.51. The molecule has 0 amide bonds. The fourth-order valence-corrected chi connectivity index (χ4v) is 5.80. The van der Waals surface area contributed by atoms with Gasteiger partial charge in [-0.25, -0.2) is 0 Å². The number of hydrogen-bond acceptors (Lipinski definition) is 5. The first-order valence-corrected chi connectivity index (χ1v) is 9.63. The molecule has 1 N–H and O–H groups in total. The fourth-order valence-electron chi connectivity index (χ4n) is 4.59. The minimum Gasteiger partial charge on any atom is -0.493 e. The standard InChI is InChI=1S/C19H26N2O2S/c1-21-10-8-18(14-4-5-15(22-2)16(12-14)23-3)6-7-19(13-17(18)21)20-9-11-24-19/h4-7,12,17,20H,8-11,13H2,1-3H3/t17-,18-,19?/m0/s1. The summed E-state index contributed by atoms with van der Waals surface area (Å²) in [6, 6.07) is 6.94. The lowest BCUT2D eigenvalue weighted by atomic mass is 9.69. The third-order valence-corrected chi connectivity index (χ3v) is 7.33. The molecule has 2 heterocycles. The van der Waals surface area contributed by atoms with Crippen LogP contribution in [0.1, 0.15) is 18.4 Å². The van der Waals surface area contributed by atoms with E-state index >= 15 is 0 Å². The quantitative estimate of drug-likeness (QED) is 0.851. The van der Waals surface area contributed by atoms with Crippen molar-refractivity contribution in [2.75, 3.05) is 40.1 Å². The molecule has 0 saturated carbocycles. The number of methoxy groups -OCH3 is 2. The highest BCUT2D eigenvalue weighted by atomic mass is 32.2. The molecule has 1 spiro atoms. The van der Waals surface area contributed by atoms with Gasteiger partial charge in [-0.2, -0.15) is 0 Å². The molecule has 1 unspecified atom stereocenters. The molecule has 1 aromatic carbocycles. The van der Waals surface area contributed by atoms with Gasteiger partial charge in [-0.1, -0.05) is 18.2 Å². The Balaban J connectivity index is 1.77. The summed E-state index contributed by atoms with van der Waals surface area (Å²) in [6.07, 6.45) is 7.20. The Morgan fingerprint density at radius 2 is 2.04 bits per heavy atom. The summed E-state index contributed by atoms with van der Waals surface area (Å²) >= 11 is 2.05. The minimum atomic E-state index is 0.0738. The van der Waals surface area contributed by atoms with Crippen molar-refractivity contribution in [2.24, 2.45) is 0 Å². The maximum Gasteiger partial charge on any atom is 0.161 e. The van der Waals surface area contributed by atoms with Crippen LogP contribution in [-0.4, -0.2) is 55.9 Å². The molecule has 130 valence electrons. The molecular formula is C19H26N2O2S. The lowest BCUT2D eigenvalue weighted by molar-refractivity contribution is 0.225. The van der Waals surface area contributed by atoms with E-state index in [0.717, 1.165) is 37.4 Å². The molecule has 0 radical (unpaired) electrons. The Bertz CT molecular complexity index is 657. The molecule has 3 aliphatic rings. The number of benzene rings is 1. The molecule has 0 aromatic heterocycles. The SMILES string of the molecule is COc1ccc([C@@]23C=CC4(C[C@@H]2N(C)CC3)NCCS4)cc1OC. The normalized spacial score (nSPS) is 35.4. The first-order valence-electron chi connectivity index (χ1n) is 8.65. The number of rotatable bonds is 3. The number of nitrogens with zero attached hydrogens (tertiary/aromatic N) is 1. The van der Waals surface area contributed by atoms with E-state index in [9.17, 15) is 0 Å². The van der Waals surface area contributed by atoms with Gasteiger partial charge in [0.2, 0.25) is 0 Å². The summed E-state index contributed by atoms with van der Waals surface area (Å²) in [5.41, 5.74) is 1.41. The first kappa shape index (κ1) is 16.3. The highest BCUT2D eigenvalue weighted by Crippen LogP contribution is 2.51. The van der Waals surface area contributed by atoms with E-state index in [4.69, 9.17) is 9.47 Å². The predicted octanol–water partition coefficient (Wildman–Crippen LogP) is 2.64. The second kappa shape index (κ2) is 5.97. The van der Waals surface area contributed by atoms with Crippen LogP contribution in [0.5, 0.6) is 11.5 Å². The second-order valence-corrected chi connectivity index (χ2v) is 8.48. The van der Waals surface area contributed by atoms with Gasteiger partial charge in [0.05, 0.1) is 19.1 Å². The zero-order valence-electron chi connectivity index (χ0n) is 14.7. The van der Waals surface area contributed by atoms with E-state index in [2.05, 4.69) is 53.3 Å². The predicted molar refractivity (Wildman–Crippen MR) is 99.2 cm³/mol. The third-order valence-electron chi connectivity index (χ3n) is 5.96. The number of fused-ring (bicyclic) bond motifs is 1. The molecule has 3 atom stereocenters. The van der Waals surface area contributed by atoms with E-state index in [1.165, 1.54) is 11.3 Å². The molecule has 1 aromatic rings. The molecule has 2 saturated heterocycles. The van der Waals surface area contributed by atoms with E-state index < -0.39 is 0 Å². The summed E-state index contributed by atoms with van der Waals surface area (Å²) in [5, 5.41) is 3.72. The third kappa shape index (κ3) is 2.37. The van der Waals surface area contributed by atoms with Crippen molar-refractivity contribution in [2.45, 2.75) is 29.2 Å². The molecule has 24 heavy (non-hydrogen) atoms. The maximum absolute atomic E-state index is 5.55. The summed E-state index contributed by atoms with van der Waals surface area (Å²) in [7, 11) is 5.66. The van der Waals surface area contributed by atoms with Crippen LogP contribution >= 0.6 is 11.8 Å². The van der Waals surface area contributed by atoms with Crippen molar-refractivity contribution < 1.29 is 9.47 Å². The lowest BCUT2D eigenvalue weighted by Gasteiger charge is -2.44. The Hall–Kier alpha value is -1.17. The average molecular weight is 346 g/mol. The summed E-state index contributed by atoms with van der Waals surface area (Å²) in [6.45, 7) is 2.24. The van der Waals surface area contributed by atoms with Gasteiger partial charge in [0.25, 0.3) is 0 Å². The largest absolute Gasteiger partial charge is 0.493 e. The summed E-state index contributed by atoms with van der Waals surface area (Å²) in [5.74, 6) is 2.81. The van der Waals surface area contributed by atoms with Crippen LogP contribution < -0.4 is 14.8 Å². The van der Waals surface area contributed by atoms with Crippen LogP contribution in [-0.2, 0) is 5.41 Å². The highest BCUT2D eigenvalue weighted by molar-refractivity contribution is 8.01. The Morgan fingerprint density at radius 3 is 2.75 bits per heavy atom. The van der Waals surface area contributed by atoms with E-state index in [1.54, 1.807) is 14.2 Å². The Kier molecular flexibility index (Phi) is 4.06. The van der Waals surface area contributed by atoms with E-state index in [1.807, 2.05) is 6.07 Å². The number of likely N-dealkylation sites (tertiary alicyclic amines) is 1. The zero-order valence-corrected chi connectivity index (χ0v) is 15.5. The van der Waals surface area contributed by atoms with Crippen LogP contribution in [0.15, 0.2) is 30.4 Å². The summed E-state index contributed by atoms with van der Waals surface area (Å²) in [4.78, 5) is 2.66. The van der Waals surface area contributed by atoms with Gasteiger partial charge in [0, 0.05) is 23.8 Å². The van der Waals surface area contributed by atoms with Crippen LogP contribution in [0.4, 0.5) is 0 Å². The van der Waals surface area contributed by atoms with E-state index in [0.29, 0.717) is 6.04 Å². The molecule has 4 nitrogen and oxygen atoms in total. The summed E-state index contributed by atoms with van der Waals surface area (Å²) < 4.78 is 11.0. The van der Waals surface area contributed by atoms with Crippen molar-refractivity contribution in [3.63, 3.8) is 0 Å². The Labute approximate surface area is 148 Å². The number of hydrogen-bond donors (Lipinski definition) is 1. The second-order valence-electron chi connectivity index (χ2n) is 7.06. The average Bonchev–Trinajstić information content (AvgIpc) is 3.21. The molecule has 2 fully saturated rings. The minimum absolute atomic E-state index is 0.0738. The zero-order chi connectivity index (χ0) is 16.8. The van der Waals surface area contributed by atoms with Crippen molar-refractivity contribution in [3.8, 4) is 11.5 Å². The van der Waals surface area contributed by atoms with E-state index in [-0.39, 0.29) is 10.3 Å². The van der Waals surface area contributed by atoms with Crippen LogP contribution in [0.25, 0.3) is 0 Å². The smallest absolute Gasteiger partial charge is 0.161 e. The highest BCUT2D eigenvalue weighted by Gasteiger charge is 2.52. The van der Waals surface area contributed by atoms with Gasteiger partial charge >= 0.3 is 0 Å². The molecule has 0 bridgehead atoms. The fraction of sp³-hybridized carbons (Fsp3) is 0.579. The van der Waals surface area contributed by atoms with Gasteiger partial charge in [-0.05, 0) is 44.1 Å². The van der Waals surface area contributed by atoms with Crippen molar-refractivity contribution in [3.05, 3.63) is 35.9 Å². The molecule has 4 rings (SSSR count). The van der Waals surface area contributed by atoms with Gasteiger partial charge in [-0.3, -0.25) is 5.32 Å². The van der Waals surface area contributed by atoms with Gasteiger partial charge in [0.15, 0.2) is 11.5 Å². The van der Waals surface area contributed by atoms with Crippen molar-refractivity contribution in [1.29, 1.82) is 0 Å². The number of likely N-dealkylation sites (N-methyl/N-ethyl adjacent to an activating group) is 1. The van der Waals surface area contributed by atoms with Gasteiger partial charge in [-0.15, -0.1) is 11.8 Å². The van der Waals surface area contributed by atoms with Gasteiger partial charge < -0.3 is 14.4 Å². The number of ether oxygens (including phenoxy) is 2.